The highest BCUT2D eigenvalue weighted by molar-refractivity contribution is 9.10. The van der Waals surface area contributed by atoms with Gasteiger partial charge in [0.2, 0.25) is 0 Å². The first kappa shape index (κ1) is 12.9. The first-order valence-electron chi connectivity index (χ1n) is 4.29. The summed E-state index contributed by atoms with van der Waals surface area (Å²) in [5, 5.41) is 0. The van der Waals surface area contributed by atoms with Gasteiger partial charge in [-0.3, -0.25) is 0 Å². The fourth-order valence-electron chi connectivity index (χ4n) is 1.13. The van der Waals surface area contributed by atoms with Crippen molar-refractivity contribution in [3.8, 4) is 5.75 Å². The lowest BCUT2D eigenvalue weighted by Crippen LogP contribution is -2.10. The topological polar surface area (TPSA) is 35.5 Å². The van der Waals surface area contributed by atoms with Crippen LogP contribution in [0.4, 0.5) is 8.78 Å². The monoisotopic (exact) mass is 294 g/mol. The van der Waals surface area contributed by atoms with Crippen LogP contribution in [0.25, 0.3) is 0 Å². The Labute approximate surface area is 99.5 Å². The zero-order valence-electron chi connectivity index (χ0n) is 8.59. The number of esters is 1. The summed E-state index contributed by atoms with van der Waals surface area (Å²) >= 11 is 3.09. The summed E-state index contributed by atoms with van der Waals surface area (Å²) in [5.41, 5.74) is 0.642. The lowest BCUT2D eigenvalue weighted by Gasteiger charge is -2.12. The second-order valence-corrected chi connectivity index (χ2v) is 3.74. The van der Waals surface area contributed by atoms with Crippen molar-refractivity contribution in [3.05, 3.63) is 27.7 Å². The Kier molecular flexibility index (Phi) is 4.23. The van der Waals surface area contributed by atoms with E-state index in [0.717, 1.165) is 0 Å². The van der Waals surface area contributed by atoms with Gasteiger partial charge in [0.1, 0.15) is 5.56 Å². The molecule has 0 radical (unpaired) electrons. The number of methoxy groups -OCH3 is 1. The number of carbonyl (C=O) groups is 1. The first-order chi connectivity index (χ1) is 7.47. The molecule has 0 fully saturated rings. The molecule has 0 saturated carbocycles. The van der Waals surface area contributed by atoms with Crippen LogP contribution in [0.1, 0.15) is 15.9 Å². The summed E-state index contributed by atoms with van der Waals surface area (Å²) in [7, 11) is 1.17. The number of aryl methyl sites for hydroxylation is 1. The third kappa shape index (κ3) is 2.69. The zero-order valence-corrected chi connectivity index (χ0v) is 10.2. The second kappa shape index (κ2) is 5.25. The fraction of sp³-hybridized carbons (Fsp3) is 0.300. The molecule has 0 saturated heterocycles. The Balaban J connectivity index is 3.27. The minimum absolute atomic E-state index is 0.0414. The van der Waals surface area contributed by atoms with E-state index in [-0.39, 0.29) is 11.3 Å². The predicted octanol–water partition coefficient (Wildman–Crippen LogP) is 3.15. The molecule has 3 nitrogen and oxygen atoms in total. The van der Waals surface area contributed by atoms with E-state index in [9.17, 15) is 13.6 Å². The normalized spacial score (nSPS) is 10.4. The molecule has 16 heavy (non-hydrogen) atoms. The van der Waals surface area contributed by atoms with Gasteiger partial charge in [0.15, 0.2) is 5.75 Å². The molecule has 1 aromatic rings. The molecule has 0 amide bonds. The van der Waals surface area contributed by atoms with E-state index in [1.807, 2.05) is 0 Å². The van der Waals surface area contributed by atoms with Crippen LogP contribution in [-0.2, 0) is 4.74 Å². The number of hydrogen-bond acceptors (Lipinski definition) is 3. The van der Waals surface area contributed by atoms with Crippen LogP contribution in [0.15, 0.2) is 16.6 Å². The van der Waals surface area contributed by atoms with Crippen LogP contribution >= 0.6 is 15.9 Å². The van der Waals surface area contributed by atoms with E-state index in [2.05, 4.69) is 25.4 Å². The molecule has 0 bridgehead atoms. The summed E-state index contributed by atoms with van der Waals surface area (Å²) in [6, 6.07) is 2.98. The molecule has 0 aromatic heterocycles. The van der Waals surface area contributed by atoms with Crippen LogP contribution < -0.4 is 4.74 Å². The number of alkyl halides is 2. The minimum atomic E-state index is -3.00. The third-order valence-corrected chi connectivity index (χ3v) is 2.89. The molecular weight excluding hydrogens is 286 g/mol. The maximum Gasteiger partial charge on any atom is 0.387 e. The largest absolute Gasteiger partial charge is 0.465 e. The molecule has 1 rings (SSSR count). The van der Waals surface area contributed by atoms with E-state index in [1.165, 1.54) is 13.2 Å². The highest BCUT2D eigenvalue weighted by Crippen LogP contribution is 2.33. The van der Waals surface area contributed by atoms with Gasteiger partial charge in [0.25, 0.3) is 0 Å². The van der Waals surface area contributed by atoms with Gasteiger partial charge in [0, 0.05) is 0 Å². The molecule has 0 spiro atoms. The molecule has 1 aromatic carbocycles. The van der Waals surface area contributed by atoms with Crippen molar-refractivity contribution in [2.45, 2.75) is 13.5 Å². The average Bonchev–Trinajstić information content (AvgIpc) is 2.23. The van der Waals surface area contributed by atoms with Crippen LogP contribution in [0.5, 0.6) is 5.75 Å². The maximum absolute atomic E-state index is 12.2. The molecule has 0 aliphatic rings. The Morgan fingerprint density at radius 1 is 1.44 bits per heavy atom. The SMILES string of the molecule is COC(=O)c1ccc(C)c(Br)c1OC(F)F. The molecule has 0 N–H and O–H groups in total. The van der Waals surface area contributed by atoms with E-state index in [1.54, 1.807) is 13.0 Å². The van der Waals surface area contributed by atoms with Gasteiger partial charge in [-0.05, 0) is 34.5 Å². The highest BCUT2D eigenvalue weighted by Gasteiger charge is 2.20. The van der Waals surface area contributed by atoms with Crippen LogP contribution in [0.2, 0.25) is 0 Å². The smallest absolute Gasteiger partial charge is 0.387 e. The Hall–Kier alpha value is -1.17. The summed E-state index contributed by atoms with van der Waals surface area (Å²) in [6.07, 6.45) is 0. The third-order valence-electron chi connectivity index (χ3n) is 1.90. The van der Waals surface area contributed by atoms with Gasteiger partial charge in [-0.25, -0.2) is 4.79 Å². The minimum Gasteiger partial charge on any atom is -0.465 e. The van der Waals surface area contributed by atoms with Crippen molar-refractivity contribution in [2.24, 2.45) is 0 Å². The molecule has 0 aliphatic heterocycles. The molecule has 0 unspecified atom stereocenters. The van der Waals surface area contributed by atoms with E-state index in [0.29, 0.717) is 10.0 Å². The average molecular weight is 295 g/mol. The molecule has 6 heteroatoms. The molecule has 88 valence electrons. The first-order valence-corrected chi connectivity index (χ1v) is 5.09. The van der Waals surface area contributed by atoms with Crippen molar-refractivity contribution < 1.29 is 23.0 Å². The predicted molar refractivity (Wildman–Crippen MR) is 56.9 cm³/mol. The van der Waals surface area contributed by atoms with Gasteiger partial charge < -0.3 is 9.47 Å². The van der Waals surface area contributed by atoms with Gasteiger partial charge in [-0.2, -0.15) is 8.78 Å². The lowest BCUT2D eigenvalue weighted by molar-refractivity contribution is -0.0509. The standard InChI is InChI=1S/C10H9BrF2O3/c1-5-3-4-6(9(14)15-2)8(7(5)11)16-10(12)13/h3-4,10H,1-2H3. The number of ether oxygens (including phenoxy) is 2. The summed E-state index contributed by atoms with van der Waals surface area (Å²) in [6.45, 7) is -1.30. The Bertz CT molecular complexity index is 407. The zero-order chi connectivity index (χ0) is 12.3. The van der Waals surface area contributed by atoms with Gasteiger partial charge >= 0.3 is 12.6 Å². The summed E-state index contributed by atoms with van der Waals surface area (Å²) in [5.74, 6) is -0.932. The molecule has 0 atom stereocenters. The van der Waals surface area contributed by atoms with Crippen LogP contribution in [-0.4, -0.2) is 19.7 Å². The van der Waals surface area contributed by atoms with E-state index in [4.69, 9.17) is 0 Å². The molecular formula is C10H9BrF2O3. The Morgan fingerprint density at radius 2 is 2.06 bits per heavy atom. The second-order valence-electron chi connectivity index (χ2n) is 2.94. The van der Waals surface area contributed by atoms with Gasteiger partial charge in [-0.1, -0.05) is 6.07 Å². The highest BCUT2D eigenvalue weighted by atomic mass is 79.9. The maximum atomic E-state index is 12.2. The van der Waals surface area contributed by atoms with E-state index >= 15 is 0 Å². The van der Waals surface area contributed by atoms with Crippen molar-refractivity contribution >= 4 is 21.9 Å². The number of benzene rings is 1. The van der Waals surface area contributed by atoms with Crippen molar-refractivity contribution in [1.29, 1.82) is 0 Å². The Morgan fingerprint density at radius 3 is 2.56 bits per heavy atom. The molecule has 0 aliphatic carbocycles. The molecule has 0 heterocycles. The van der Waals surface area contributed by atoms with Crippen LogP contribution in [0, 0.1) is 6.92 Å². The number of halogens is 3. The summed E-state index contributed by atoms with van der Waals surface area (Å²) < 4.78 is 33.5. The quantitative estimate of drug-likeness (QED) is 0.804. The van der Waals surface area contributed by atoms with Crippen molar-refractivity contribution in [1.82, 2.24) is 0 Å². The van der Waals surface area contributed by atoms with Crippen molar-refractivity contribution in [3.63, 3.8) is 0 Å². The van der Waals surface area contributed by atoms with Gasteiger partial charge in [-0.15, -0.1) is 0 Å². The summed E-state index contributed by atoms with van der Waals surface area (Å²) in [4.78, 5) is 11.3. The number of hydrogen-bond donors (Lipinski definition) is 0. The van der Waals surface area contributed by atoms with Crippen LogP contribution in [0.3, 0.4) is 0 Å². The lowest BCUT2D eigenvalue weighted by atomic mass is 10.1. The van der Waals surface area contributed by atoms with Gasteiger partial charge in [0.05, 0.1) is 11.6 Å². The number of rotatable bonds is 3. The fourth-order valence-corrected chi connectivity index (χ4v) is 1.57. The van der Waals surface area contributed by atoms with Crippen molar-refractivity contribution in [2.75, 3.05) is 7.11 Å². The van der Waals surface area contributed by atoms with E-state index < -0.39 is 12.6 Å². The number of carbonyl (C=O) groups excluding carboxylic acids is 1.